The van der Waals surface area contributed by atoms with Crippen LogP contribution in [0.25, 0.3) is 0 Å². The topological polar surface area (TPSA) is 52.9 Å². The number of halogens is 1. The Kier molecular flexibility index (Phi) is 5.54. The monoisotopic (exact) mass is 281 g/mol. The minimum absolute atomic E-state index is 0.176. The largest absolute Gasteiger partial charge is 0.488 e. The lowest BCUT2D eigenvalue weighted by Gasteiger charge is -2.27. The lowest BCUT2D eigenvalue weighted by molar-refractivity contribution is 0.0410. The fourth-order valence-corrected chi connectivity index (χ4v) is 2.60. The Hall–Kier alpha value is -0.945. The zero-order valence-electron chi connectivity index (χ0n) is 11.8. The van der Waals surface area contributed by atoms with Crippen molar-refractivity contribution in [2.45, 2.75) is 19.4 Å². The first-order valence-corrected chi connectivity index (χ1v) is 6.97. The van der Waals surface area contributed by atoms with Gasteiger partial charge in [0.15, 0.2) is 0 Å². The van der Waals surface area contributed by atoms with Gasteiger partial charge < -0.3 is 19.7 Å². The number of hydrogen-bond acceptors (Lipinski definition) is 4. The van der Waals surface area contributed by atoms with E-state index >= 15 is 0 Å². The van der Waals surface area contributed by atoms with E-state index in [0.717, 1.165) is 32.6 Å². The van der Waals surface area contributed by atoms with Crippen LogP contribution in [0, 0.1) is 11.7 Å². The Labute approximate surface area is 119 Å². The molecular formula is C14H21BFNO3. The van der Waals surface area contributed by atoms with Crippen LogP contribution in [0.4, 0.5) is 4.39 Å². The Morgan fingerprint density at radius 3 is 2.85 bits per heavy atom. The van der Waals surface area contributed by atoms with Gasteiger partial charge in [0.2, 0.25) is 0 Å². The van der Waals surface area contributed by atoms with Crippen molar-refractivity contribution in [1.29, 1.82) is 0 Å². The Bertz CT molecular complexity index is 438. The molecule has 1 saturated heterocycles. The maximum Gasteiger partial charge on any atom is 0.488 e. The minimum Gasteiger partial charge on any atom is -0.423 e. The molecule has 20 heavy (non-hydrogen) atoms. The zero-order valence-corrected chi connectivity index (χ0v) is 11.8. The van der Waals surface area contributed by atoms with Crippen LogP contribution in [0.15, 0.2) is 18.2 Å². The average Bonchev–Trinajstić information content (AvgIpc) is 2.42. The second-order valence-corrected chi connectivity index (χ2v) is 5.50. The summed E-state index contributed by atoms with van der Waals surface area (Å²) in [5.74, 6) is 0.109. The number of benzene rings is 1. The van der Waals surface area contributed by atoms with Crippen LogP contribution < -0.4 is 5.46 Å². The van der Waals surface area contributed by atoms with Gasteiger partial charge in [0.1, 0.15) is 5.82 Å². The maximum atomic E-state index is 13.9. The van der Waals surface area contributed by atoms with Gasteiger partial charge in [-0.2, -0.15) is 0 Å². The van der Waals surface area contributed by atoms with E-state index in [4.69, 9.17) is 14.8 Å². The first-order valence-electron chi connectivity index (χ1n) is 6.97. The van der Waals surface area contributed by atoms with Gasteiger partial charge in [0.25, 0.3) is 0 Å². The van der Waals surface area contributed by atoms with Crippen LogP contribution in [0.1, 0.15) is 18.4 Å². The molecule has 1 aromatic carbocycles. The van der Waals surface area contributed by atoms with Crippen LogP contribution in [0.5, 0.6) is 0 Å². The summed E-state index contributed by atoms with van der Waals surface area (Å²) in [5, 5.41) is 18.0. The SMILES string of the molecule is CN(Cc1ccc(B(O)O)cc1F)CC1CCCOC1. The van der Waals surface area contributed by atoms with Crippen LogP contribution in [0.2, 0.25) is 0 Å². The quantitative estimate of drug-likeness (QED) is 0.765. The van der Waals surface area contributed by atoms with E-state index in [9.17, 15) is 4.39 Å². The molecule has 1 atom stereocenters. The molecule has 0 spiro atoms. The third-order valence-electron chi connectivity index (χ3n) is 3.64. The molecule has 4 nitrogen and oxygen atoms in total. The molecule has 0 radical (unpaired) electrons. The van der Waals surface area contributed by atoms with Gasteiger partial charge in [0, 0.05) is 25.3 Å². The van der Waals surface area contributed by atoms with Crippen LogP contribution in [-0.2, 0) is 11.3 Å². The zero-order chi connectivity index (χ0) is 14.5. The number of ether oxygens (including phenoxy) is 1. The van der Waals surface area contributed by atoms with Crippen molar-refractivity contribution in [3.8, 4) is 0 Å². The Balaban J connectivity index is 1.91. The van der Waals surface area contributed by atoms with Crippen molar-refractivity contribution in [3.05, 3.63) is 29.6 Å². The molecule has 2 N–H and O–H groups in total. The molecule has 6 heteroatoms. The van der Waals surface area contributed by atoms with Gasteiger partial charge >= 0.3 is 7.12 Å². The maximum absolute atomic E-state index is 13.9. The van der Waals surface area contributed by atoms with Crippen molar-refractivity contribution in [1.82, 2.24) is 4.90 Å². The van der Waals surface area contributed by atoms with Crippen LogP contribution in [-0.4, -0.2) is 48.9 Å². The molecule has 110 valence electrons. The summed E-state index contributed by atoms with van der Waals surface area (Å²) in [4.78, 5) is 2.08. The molecule has 2 rings (SSSR count). The fourth-order valence-electron chi connectivity index (χ4n) is 2.60. The summed E-state index contributed by atoms with van der Waals surface area (Å²) >= 11 is 0. The highest BCUT2D eigenvalue weighted by Gasteiger charge is 2.18. The van der Waals surface area contributed by atoms with E-state index in [0.29, 0.717) is 18.0 Å². The Morgan fingerprint density at radius 2 is 2.25 bits per heavy atom. The average molecular weight is 281 g/mol. The first-order chi connectivity index (χ1) is 9.56. The highest BCUT2D eigenvalue weighted by molar-refractivity contribution is 6.58. The molecule has 1 fully saturated rings. The summed E-state index contributed by atoms with van der Waals surface area (Å²) in [7, 11) is 0.332. The third-order valence-corrected chi connectivity index (χ3v) is 3.64. The van der Waals surface area contributed by atoms with E-state index in [1.165, 1.54) is 6.07 Å². The van der Waals surface area contributed by atoms with Crippen LogP contribution in [0.3, 0.4) is 0 Å². The standard InChI is InChI=1S/C14H21BFNO3/c1-17(8-11-3-2-6-20-10-11)9-12-4-5-13(15(18)19)7-14(12)16/h4-5,7,11,18-19H,2-3,6,8-10H2,1H3. The van der Waals surface area contributed by atoms with Gasteiger partial charge in [-0.15, -0.1) is 0 Å². The smallest absolute Gasteiger partial charge is 0.423 e. The van der Waals surface area contributed by atoms with Crippen molar-refractivity contribution in [3.63, 3.8) is 0 Å². The lowest BCUT2D eigenvalue weighted by atomic mass is 9.80. The molecule has 0 aromatic heterocycles. The van der Waals surface area contributed by atoms with Gasteiger partial charge in [-0.3, -0.25) is 0 Å². The molecule has 1 aliphatic rings. The first kappa shape index (κ1) is 15.4. The van der Waals surface area contributed by atoms with Gasteiger partial charge in [-0.1, -0.05) is 12.1 Å². The molecule has 1 unspecified atom stereocenters. The molecule has 0 aliphatic carbocycles. The predicted octanol–water partition coefficient (Wildman–Crippen LogP) is 0.364. The number of rotatable bonds is 5. The van der Waals surface area contributed by atoms with E-state index in [2.05, 4.69) is 4.90 Å². The van der Waals surface area contributed by atoms with Crippen molar-refractivity contribution in [2.75, 3.05) is 26.8 Å². The van der Waals surface area contributed by atoms with Crippen LogP contribution >= 0.6 is 0 Å². The van der Waals surface area contributed by atoms with E-state index < -0.39 is 12.9 Å². The molecule has 0 amide bonds. The molecule has 0 bridgehead atoms. The van der Waals surface area contributed by atoms with Gasteiger partial charge in [0.05, 0.1) is 6.61 Å². The lowest BCUT2D eigenvalue weighted by Crippen LogP contribution is -2.32. The van der Waals surface area contributed by atoms with E-state index in [-0.39, 0.29) is 5.46 Å². The summed E-state index contributed by atoms with van der Waals surface area (Å²) in [6, 6.07) is 4.33. The fraction of sp³-hybridized carbons (Fsp3) is 0.571. The highest BCUT2D eigenvalue weighted by Crippen LogP contribution is 2.16. The van der Waals surface area contributed by atoms with Crippen molar-refractivity contribution in [2.24, 2.45) is 5.92 Å². The van der Waals surface area contributed by atoms with E-state index in [1.54, 1.807) is 12.1 Å². The summed E-state index contributed by atoms with van der Waals surface area (Å²) in [5.41, 5.74) is 0.739. The minimum atomic E-state index is -1.63. The third kappa shape index (κ3) is 4.28. The normalized spacial score (nSPS) is 19.4. The van der Waals surface area contributed by atoms with E-state index in [1.807, 2.05) is 7.05 Å². The summed E-state index contributed by atoms with van der Waals surface area (Å²) in [6.45, 7) is 3.01. The molecule has 1 aromatic rings. The second-order valence-electron chi connectivity index (χ2n) is 5.50. The summed E-state index contributed by atoms with van der Waals surface area (Å²) < 4.78 is 19.3. The molecule has 1 aliphatic heterocycles. The van der Waals surface area contributed by atoms with Gasteiger partial charge in [-0.05, 0) is 37.3 Å². The second kappa shape index (κ2) is 7.17. The molecule has 0 saturated carbocycles. The predicted molar refractivity (Wildman–Crippen MR) is 76.1 cm³/mol. The molecular weight excluding hydrogens is 260 g/mol. The van der Waals surface area contributed by atoms with Crippen molar-refractivity contribution >= 4 is 12.6 Å². The molecule has 1 heterocycles. The number of hydrogen-bond donors (Lipinski definition) is 2. The Morgan fingerprint density at radius 1 is 1.45 bits per heavy atom. The van der Waals surface area contributed by atoms with Crippen molar-refractivity contribution < 1.29 is 19.2 Å². The highest BCUT2D eigenvalue weighted by atomic mass is 19.1. The van der Waals surface area contributed by atoms with Gasteiger partial charge in [-0.25, -0.2) is 4.39 Å². The summed E-state index contributed by atoms with van der Waals surface area (Å²) in [6.07, 6.45) is 2.25. The number of nitrogens with zero attached hydrogens (tertiary/aromatic N) is 1.